The zero-order chi connectivity index (χ0) is 32.6. The molecule has 0 aliphatic carbocycles. The summed E-state index contributed by atoms with van der Waals surface area (Å²) in [7, 11) is 0. The van der Waals surface area contributed by atoms with Crippen LogP contribution >= 0.6 is 0 Å². The van der Waals surface area contributed by atoms with E-state index in [2.05, 4.69) is 20.3 Å². The van der Waals surface area contributed by atoms with Crippen LogP contribution in [0.2, 0.25) is 0 Å². The highest BCUT2D eigenvalue weighted by Crippen LogP contribution is 2.31. The maximum absolute atomic E-state index is 13.4. The van der Waals surface area contributed by atoms with Gasteiger partial charge in [0.25, 0.3) is 0 Å². The van der Waals surface area contributed by atoms with Gasteiger partial charge in [-0.2, -0.15) is 9.97 Å². The first kappa shape index (κ1) is 29.2. The van der Waals surface area contributed by atoms with Crippen molar-refractivity contribution >= 4 is 39.4 Å². The van der Waals surface area contributed by atoms with Crippen molar-refractivity contribution in [2.75, 3.05) is 37.5 Å². The molecule has 2 aromatic carbocycles. The van der Waals surface area contributed by atoms with Crippen LogP contribution in [0.3, 0.4) is 0 Å². The van der Waals surface area contributed by atoms with Crippen LogP contribution in [-0.2, 0) is 13.1 Å². The molecule has 0 amide bonds. The van der Waals surface area contributed by atoms with Gasteiger partial charge in [-0.3, -0.25) is 9.13 Å². The number of imidazole rings is 2. The lowest BCUT2D eigenvalue weighted by atomic mass is 10.1. The maximum Gasteiger partial charge on any atom is 0.326 e. The molecule has 48 heavy (non-hydrogen) atoms. The third-order valence-corrected chi connectivity index (χ3v) is 8.22. The van der Waals surface area contributed by atoms with E-state index in [1.165, 1.54) is 0 Å². The van der Waals surface area contributed by atoms with Crippen molar-refractivity contribution < 1.29 is 18.9 Å². The minimum atomic E-state index is -0.340. The minimum Gasteiger partial charge on any atom is -0.494 e. The third-order valence-electron chi connectivity index (χ3n) is 8.22. The molecule has 4 aromatic heterocycles. The number of nitrogens with one attached hydrogen (secondary N) is 3. The molecule has 244 valence electrons. The maximum atomic E-state index is 13.4. The molecule has 14 heteroatoms. The molecule has 0 saturated carbocycles. The fourth-order valence-electron chi connectivity index (χ4n) is 5.96. The molecule has 0 fully saturated rings. The number of aromatic amines is 2. The number of hydrogen-bond acceptors (Lipinski definition) is 10. The summed E-state index contributed by atoms with van der Waals surface area (Å²) in [5.41, 5.74) is 10.0. The number of benzene rings is 2. The van der Waals surface area contributed by atoms with Crippen LogP contribution in [0.1, 0.15) is 24.0 Å². The fourth-order valence-corrected chi connectivity index (χ4v) is 5.96. The van der Waals surface area contributed by atoms with Gasteiger partial charge in [0.05, 0.1) is 37.3 Å². The number of rotatable bonds is 2. The Morgan fingerprint density at radius 1 is 0.708 bits per heavy atom. The van der Waals surface area contributed by atoms with Gasteiger partial charge in [0.15, 0.2) is 11.6 Å². The second-order valence-corrected chi connectivity index (χ2v) is 11.6. The molecule has 2 aliphatic heterocycles. The normalized spacial score (nSPS) is 14.8. The van der Waals surface area contributed by atoms with Gasteiger partial charge < -0.3 is 40.0 Å². The highest BCUT2D eigenvalue weighted by molar-refractivity contribution is 5.89. The first-order chi connectivity index (χ1) is 23.5. The lowest BCUT2D eigenvalue weighted by Gasteiger charge is -2.15. The van der Waals surface area contributed by atoms with Gasteiger partial charge in [0, 0.05) is 23.9 Å². The van der Waals surface area contributed by atoms with E-state index in [1.807, 2.05) is 54.6 Å². The van der Waals surface area contributed by atoms with Crippen LogP contribution in [0.4, 0.5) is 17.3 Å². The Hall–Kier alpha value is -6.18. The van der Waals surface area contributed by atoms with E-state index < -0.39 is 0 Å². The number of ether oxygens (including phenoxy) is 4. The van der Waals surface area contributed by atoms with E-state index in [0.29, 0.717) is 70.8 Å². The topological polar surface area (TPSA) is 176 Å². The van der Waals surface area contributed by atoms with Crippen LogP contribution in [-0.4, -0.2) is 55.5 Å². The molecule has 5 N–H and O–H groups in total. The summed E-state index contributed by atoms with van der Waals surface area (Å²) in [5, 5.41) is 3.40. The summed E-state index contributed by atoms with van der Waals surface area (Å²) in [6.45, 7) is 2.05. The average Bonchev–Trinajstić information content (AvgIpc) is 3.55. The van der Waals surface area contributed by atoms with E-state index in [4.69, 9.17) is 29.7 Å². The molecule has 8 bridgehead atoms. The number of nitrogen functional groups attached to an aromatic ring is 1. The van der Waals surface area contributed by atoms with E-state index in [9.17, 15) is 9.59 Å². The highest BCUT2D eigenvalue weighted by atomic mass is 16.5. The Kier molecular flexibility index (Phi) is 7.43. The number of hydrogen-bond donors (Lipinski definition) is 4. The summed E-state index contributed by atoms with van der Waals surface area (Å²) >= 11 is 0. The van der Waals surface area contributed by atoms with Crippen LogP contribution in [0, 0.1) is 0 Å². The quantitative estimate of drug-likeness (QED) is 0.200. The molecule has 0 radical (unpaired) electrons. The van der Waals surface area contributed by atoms with E-state index >= 15 is 0 Å². The number of pyridine rings is 2. The molecule has 6 heterocycles. The summed E-state index contributed by atoms with van der Waals surface area (Å²) in [6, 6.07) is 16.9. The van der Waals surface area contributed by atoms with Gasteiger partial charge in [-0.1, -0.05) is 12.1 Å². The first-order valence-electron chi connectivity index (χ1n) is 15.7. The second-order valence-electron chi connectivity index (χ2n) is 11.6. The molecule has 2 aliphatic rings. The summed E-state index contributed by atoms with van der Waals surface area (Å²) in [6.07, 6.45) is 5.25. The van der Waals surface area contributed by atoms with E-state index in [-0.39, 0.29) is 37.0 Å². The summed E-state index contributed by atoms with van der Waals surface area (Å²) in [4.78, 5) is 41.3. The van der Waals surface area contributed by atoms with Crippen LogP contribution in [0.5, 0.6) is 23.3 Å². The minimum absolute atomic E-state index is 0.171. The van der Waals surface area contributed by atoms with Gasteiger partial charge in [-0.25, -0.2) is 9.59 Å². The van der Waals surface area contributed by atoms with E-state index in [1.54, 1.807) is 21.3 Å². The second kappa shape index (κ2) is 12.2. The molecule has 0 atom stereocenters. The zero-order valence-corrected chi connectivity index (χ0v) is 25.8. The predicted octanol–water partition coefficient (Wildman–Crippen LogP) is 4.06. The number of anilines is 3. The van der Waals surface area contributed by atoms with Gasteiger partial charge >= 0.3 is 11.4 Å². The summed E-state index contributed by atoms with van der Waals surface area (Å²) < 4.78 is 27.0. The lowest BCUT2D eigenvalue weighted by molar-refractivity contribution is 0.261. The Morgan fingerprint density at radius 2 is 1.40 bits per heavy atom. The predicted molar refractivity (Wildman–Crippen MR) is 180 cm³/mol. The van der Waals surface area contributed by atoms with Crippen molar-refractivity contribution in [1.82, 2.24) is 29.1 Å². The summed E-state index contributed by atoms with van der Waals surface area (Å²) in [5.74, 6) is 2.60. The van der Waals surface area contributed by atoms with Crippen molar-refractivity contribution in [3.8, 4) is 23.3 Å². The lowest BCUT2D eigenvalue weighted by Crippen LogP contribution is -2.17. The Morgan fingerprint density at radius 3 is 2.23 bits per heavy atom. The van der Waals surface area contributed by atoms with Crippen molar-refractivity contribution in [3.05, 3.63) is 98.8 Å². The molecule has 14 nitrogen and oxygen atoms in total. The van der Waals surface area contributed by atoms with E-state index in [0.717, 1.165) is 29.7 Å². The molecule has 8 rings (SSSR count). The SMILES string of the molecule is Nc1nc2cc3c1[nH]c(=O)n3Cc1cc(Nc3nc4cc5c3[nH]c(=O)n5Cc3cccc(c3)OCCCCO4)cc(c1)OCC=CCO2. The molecule has 0 saturated heterocycles. The van der Waals surface area contributed by atoms with Crippen molar-refractivity contribution in [3.63, 3.8) is 0 Å². The van der Waals surface area contributed by atoms with Gasteiger partial charge in [-0.15, -0.1) is 0 Å². The first-order valence-corrected chi connectivity index (χ1v) is 15.7. The van der Waals surface area contributed by atoms with Crippen LogP contribution in [0.15, 0.2) is 76.3 Å². The number of nitrogens with zero attached hydrogens (tertiary/aromatic N) is 4. The largest absolute Gasteiger partial charge is 0.494 e. The smallest absolute Gasteiger partial charge is 0.326 e. The Balaban J connectivity index is 1.21. The fraction of sp³-hybridized carbons (Fsp3) is 0.235. The van der Waals surface area contributed by atoms with Crippen LogP contribution in [0.25, 0.3) is 22.1 Å². The number of nitrogens with two attached hydrogens (primary N) is 1. The van der Waals surface area contributed by atoms with Gasteiger partial charge in [0.2, 0.25) is 11.8 Å². The standard InChI is InChI=1S/C34H32N8O6/c35-31-29-25-16-27(37-31)47-10-4-2-9-46-24-14-21(19-42(25)33(43)39-29)12-22(15-24)36-32-30-26-17-28(38-32)48-11-3-1-8-45-23-7-5-6-20(13-23)18-41(26)34(44)40-30/h2,4-7,12-17H,1,3,8-11,18-19H2,(H2,35,37)(H,36,38)(H,39,43)(H,40,44). The molecule has 0 spiro atoms. The molecule has 0 unspecified atom stereocenters. The van der Waals surface area contributed by atoms with Crippen molar-refractivity contribution in [2.45, 2.75) is 25.9 Å². The number of H-pyrrole nitrogens is 2. The van der Waals surface area contributed by atoms with Crippen LogP contribution < -0.4 is 41.4 Å². The van der Waals surface area contributed by atoms with Gasteiger partial charge in [0.1, 0.15) is 35.7 Å². The van der Waals surface area contributed by atoms with Gasteiger partial charge in [-0.05, 0) is 60.4 Å². The number of aromatic nitrogens is 6. The third kappa shape index (κ3) is 5.79. The van der Waals surface area contributed by atoms with Crippen molar-refractivity contribution in [1.29, 1.82) is 0 Å². The average molecular weight is 649 g/mol. The Bertz CT molecular complexity index is 2320. The monoisotopic (exact) mass is 648 g/mol. The number of fused-ring (bicyclic) bond motifs is 6. The zero-order valence-electron chi connectivity index (χ0n) is 25.8. The molecular formula is C34H32N8O6. The highest BCUT2D eigenvalue weighted by Gasteiger charge is 2.18. The molecular weight excluding hydrogens is 616 g/mol. The van der Waals surface area contributed by atoms with Crippen molar-refractivity contribution in [2.24, 2.45) is 0 Å². The Labute approximate surface area is 272 Å². The molecule has 6 aromatic rings.